The van der Waals surface area contributed by atoms with Gasteiger partial charge in [0.15, 0.2) is 0 Å². The van der Waals surface area contributed by atoms with Crippen LogP contribution < -0.4 is 10.0 Å². The number of amides is 1. The molecule has 1 aliphatic heterocycles. The summed E-state index contributed by atoms with van der Waals surface area (Å²) in [7, 11) is -4.58. The lowest BCUT2D eigenvalue weighted by Crippen LogP contribution is -2.59. The van der Waals surface area contributed by atoms with Gasteiger partial charge in [-0.2, -0.15) is 4.72 Å². The Bertz CT molecular complexity index is 1580. The average Bonchev–Trinajstić information content (AvgIpc) is 3.70. The first kappa shape index (κ1) is 28.0. The number of rotatable bonds is 10. The Labute approximate surface area is 248 Å². The molecule has 5 fully saturated rings. The number of sulfonamides is 1. The predicted octanol–water partition coefficient (Wildman–Crippen LogP) is 4.29. The van der Waals surface area contributed by atoms with Gasteiger partial charge in [0, 0.05) is 23.2 Å². The molecule has 1 aromatic heterocycles. The largest absolute Gasteiger partial charge is 0.481 e. The summed E-state index contributed by atoms with van der Waals surface area (Å²) < 4.78 is 43.4. The number of fused-ring (bicyclic) bond motifs is 1. The quantitative estimate of drug-likeness (QED) is 0.343. The number of pyridine rings is 1. The fourth-order valence-corrected chi connectivity index (χ4v) is 8.83. The predicted molar refractivity (Wildman–Crippen MR) is 161 cm³/mol. The van der Waals surface area contributed by atoms with Gasteiger partial charge < -0.3 is 14.6 Å². The molecular formula is C32H38BN3O5S. The number of aromatic nitrogens is 1. The Kier molecular flexibility index (Phi) is 7.16. The second-order valence-corrected chi connectivity index (χ2v) is 14.9. The van der Waals surface area contributed by atoms with Gasteiger partial charge in [-0.05, 0) is 66.5 Å². The van der Waals surface area contributed by atoms with Gasteiger partial charge in [0.25, 0.3) is 0 Å². The van der Waals surface area contributed by atoms with Crippen LogP contribution in [0, 0.1) is 23.2 Å². The maximum absolute atomic E-state index is 14.0. The molecule has 6 atom stereocenters. The number of carbonyl (C=O) groups excluding carboxylic acids is 1. The standard InChI is InChI=1S/C32H38BN3O5S/c1-32(2)23-17-25(32)30-27(18-23)40-33(41-30)29(16-21-11-12-21)35-31(37)26(15-20-7-4-3-5-8-20)36-42(38,39)28-10-6-9-22-19-34-14-13-24(22)28/h3-10,13-14,19,21,23,25-27,29-30,36H,11-12,15-18H2,1-2H3,(H,35,37)/t23-,25+,26-,27+,29-,30?/m0/s1. The van der Waals surface area contributed by atoms with Crippen LogP contribution in [0.25, 0.3) is 10.8 Å². The van der Waals surface area contributed by atoms with Crippen LogP contribution in [0.3, 0.4) is 0 Å². The van der Waals surface area contributed by atoms with Crippen molar-refractivity contribution in [3.05, 3.63) is 72.6 Å². The highest BCUT2D eigenvalue weighted by Crippen LogP contribution is 2.61. The van der Waals surface area contributed by atoms with Crippen LogP contribution in [0.4, 0.5) is 0 Å². The molecule has 0 radical (unpaired) electrons. The van der Waals surface area contributed by atoms with Crippen LogP contribution in [0.2, 0.25) is 0 Å². The van der Waals surface area contributed by atoms with E-state index in [0.29, 0.717) is 28.5 Å². The number of nitrogens with one attached hydrogen (secondary N) is 2. The van der Waals surface area contributed by atoms with E-state index in [0.717, 1.165) is 31.2 Å². The lowest BCUT2D eigenvalue weighted by molar-refractivity contribution is -0.150. The molecule has 2 N–H and O–H groups in total. The van der Waals surface area contributed by atoms with Crippen LogP contribution >= 0.6 is 0 Å². The van der Waals surface area contributed by atoms with Crippen molar-refractivity contribution >= 4 is 33.8 Å². The monoisotopic (exact) mass is 587 g/mol. The minimum absolute atomic E-state index is 0.0491. The summed E-state index contributed by atoms with van der Waals surface area (Å²) in [5, 5.41) is 4.47. The van der Waals surface area contributed by atoms with Crippen molar-refractivity contribution < 1.29 is 22.5 Å². The molecule has 2 bridgehead atoms. The molecule has 1 amide bonds. The molecule has 8 nitrogen and oxygen atoms in total. The molecule has 2 heterocycles. The Balaban J connectivity index is 1.14. The van der Waals surface area contributed by atoms with Gasteiger partial charge in [-0.15, -0.1) is 0 Å². The molecule has 0 spiro atoms. The molecular weight excluding hydrogens is 549 g/mol. The molecule has 1 saturated heterocycles. The van der Waals surface area contributed by atoms with Gasteiger partial charge in [-0.3, -0.25) is 9.78 Å². The number of hydrogen-bond donors (Lipinski definition) is 2. The first-order valence-corrected chi connectivity index (χ1v) is 16.7. The van der Waals surface area contributed by atoms with E-state index in [1.165, 1.54) is 6.42 Å². The van der Waals surface area contributed by atoms with Crippen LogP contribution in [0.1, 0.15) is 51.5 Å². The summed E-state index contributed by atoms with van der Waals surface area (Å²) >= 11 is 0. The second kappa shape index (κ2) is 10.7. The molecule has 42 heavy (non-hydrogen) atoms. The van der Waals surface area contributed by atoms with Crippen LogP contribution in [0.5, 0.6) is 0 Å². The minimum atomic E-state index is -4.05. The van der Waals surface area contributed by atoms with E-state index >= 15 is 0 Å². The number of nitrogens with zero attached hydrogens (tertiary/aromatic N) is 1. The zero-order valence-electron chi connectivity index (χ0n) is 24.1. The van der Waals surface area contributed by atoms with Crippen molar-refractivity contribution in [1.82, 2.24) is 15.0 Å². The summed E-state index contributed by atoms with van der Waals surface area (Å²) in [6.07, 6.45) is 8.70. The first-order valence-electron chi connectivity index (χ1n) is 15.2. The van der Waals surface area contributed by atoms with E-state index < -0.39 is 23.2 Å². The maximum atomic E-state index is 14.0. The Morgan fingerprint density at radius 2 is 1.88 bits per heavy atom. The normalized spacial score (nSPS) is 27.6. The third kappa shape index (κ3) is 5.27. The average molecular weight is 588 g/mol. The van der Waals surface area contributed by atoms with E-state index in [2.05, 4.69) is 28.9 Å². The SMILES string of the molecule is CC1(C)[C@H]2C[C@@H]1C1OB([C@H](CC3CC3)NC(=O)[C@H](Cc3ccccc3)NS(=O)(=O)c3cccc4cnccc34)O[C@@H]1C2. The molecule has 1 unspecified atom stereocenters. The van der Waals surface area contributed by atoms with E-state index in [9.17, 15) is 13.2 Å². The highest BCUT2D eigenvalue weighted by molar-refractivity contribution is 7.89. The molecule has 3 aromatic rings. The van der Waals surface area contributed by atoms with Gasteiger partial charge in [0.1, 0.15) is 6.04 Å². The summed E-state index contributed by atoms with van der Waals surface area (Å²) in [5.41, 5.74) is 1.12. The highest BCUT2D eigenvalue weighted by Gasteiger charge is 2.63. The lowest BCUT2D eigenvalue weighted by Gasteiger charge is -2.60. The zero-order valence-corrected chi connectivity index (χ0v) is 24.9. The lowest BCUT2D eigenvalue weighted by atomic mass is 9.47. The Hall–Kier alpha value is -2.79. The molecule has 4 saturated carbocycles. The summed E-state index contributed by atoms with van der Waals surface area (Å²) in [4.78, 5) is 18.3. The zero-order chi connectivity index (χ0) is 29.1. The van der Waals surface area contributed by atoms with Crippen LogP contribution in [-0.2, 0) is 30.5 Å². The van der Waals surface area contributed by atoms with Crippen molar-refractivity contribution in [2.45, 2.75) is 81.5 Å². The minimum Gasteiger partial charge on any atom is -0.404 e. The van der Waals surface area contributed by atoms with Gasteiger partial charge in [-0.25, -0.2) is 8.42 Å². The topological polar surface area (TPSA) is 107 Å². The summed E-state index contributed by atoms with van der Waals surface area (Å²) in [6, 6.07) is 15.2. The van der Waals surface area contributed by atoms with E-state index in [1.807, 2.05) is 36.4 Å². The molecule has 5 aliphatic rings. The van der Waals surface area contributed by atoms with Crippen LogP contribution in [0.15, 0.2) is 71.9 Å². The number of hydrogen-bond acceptors (Lipinski definition) is 6. The molecule has 4 aliphatic carbocycles. The molecule has 8 rings (SSSR count). The smallest absolute Gasteiger partial charge is 0.404 e. The Morgan fingerprint density at radius 3 is 2.64 bits per heavy atom. The van der Waals surface area contributed by atoms with Crippen molar-refractivity contribution in [3.63, 3.8) is 0 Å². The van der Waals surface area contributed by atoms with Gasteiger partial charge in [0.2, 0.25) is 15.9 Å². The van der Waals surface area contributed by atoms with Gasteiger partial charge in [0.05, 0.1) is 23.0 Å². The number of carbonyl (C=O) groups is 1. The first-order chi connectivity index (χ1) is 20.2. The summed E-state index contributed by atoms with van der Waals surface area (Å²) in [6.45, 7) is 4.66. The Morgan fingerprint density at radius 1 is 1.07 bits per heavy atom. The fourth-order valence-electron chi connectivity index (χ4n) is 7.40. The maximum Gasteiger partial charge on any atom is 0.481 e. The number of benzene rings is 2. The summed E-state index contributed by atoms with van der Waals surface area (Å²) in [5.74, 6) is 0.918. The van der Waals surface area contributed by atoms with E-state index in [1.54, 1.807) is 30.6 Å². The fraction of sp³-hybridized carbons (Fsp3) is 0.500. The molecule has 220 valence electrons. The molecule has 10 heteroatoms. The van der Waals surface area contributed by atoms with E-state index in [4.69, 9.17) is 9.31 Å². The second-order valence-electron chi connectivity index (χ2n) is 13.3. The third-order valence-electron chi connectivity index (χ3n) is 10.2. The third-order valence-corrected chi connectivity index (χ3v) is 11.7. The van der Waals surface area contributed by atoms with Gasteiger partial charge >= 0.3 is 7.12 Å². The van der Waals surface area contributed by atoms with Crippen molar-refractivity contribution in [3.8, 4) is 0 Å². The van der Waals surface area contributed by atoms with Gasteiger partial charge in [-0.1, -0.05) is 69.2 Å². The van der Waals surface area contributed by atoms with Crippen molar-refractivity contribution in [1.29, 1.82) is 0 Å². The van der Waals surface area contributed by atoms with E-state index in [-0.39, 0.29) is 40.8 Å². The van der Waals surface area contributed by atoms with Crippen LogP contribution in [-0.4, -0.2) is 50.6 Å². The molecule has 2 aromatic carbocycles. The highest BCUT2D eigenvalue weighted by atomic mass is 32.2. The van der Waals surface area contributed by atoms with Crippen molar-refractivity contribution in [2.75, 3.05) is 0 Å². The van der Waals surface area contributed by atoms with Crippen molar-refractivity contribution in [2.24, 2.45) is 23.2 Å².